The van der Waals surface area contributed by atoms with E-state index in [4.69, 9.17) is 0 Å². The van der Waals surface area contributed by atoms with Crippen LogP contribution in [0.25, 0.3) is 0 Å². The Balaban J connectivity index is 1.68. The first kappa shape index (κ1) is 21.1. The van der Waals surface area contributed by atoms with E-state index in [0.29, 0.717) is 13.0 Å². The molecule has 3 N–H and O–H groups in total. The van der Waals surface area contributed by atoms with E-state index in [1.54, 1.807) is 18.3 Å². The lowest BCUT2D eigenvalue weighted by Crippen LogP contribution is -2.27. The molecule has 1 aromatic heterocycles. The first-order chi connectivity index (χ1) is 14.2. The van der Waals surface area contributed by atoms with Crippen LogP contribution in [0.1, 0.15) is 37.8 Å². The number of anilines is 1. The minimum Gasteiger partial charge on any atom is -0.352 e. The van der Waals surface area contributed by atoms with Gasteiger partial charge in [-0.2, -0.15) is 13.2 Å². The maximum atomic E-state index is 12.9. The second-order valence-corrected chi connectivity index (χ2v) is 6.58. The molecule has 0 bridgehead atoms. The molecule has 156 valence electrons. The zero-order valence-corrected chi connectivity index (χ0v) is 16.0. The van der Waals surface area contributed by atoms with Gasteiger partial charge in [-0.25, -0.2) is 4.98 Å². The van der Waals surface area contributed by atoms with Crippen molar-refractivity contribution in [2.24, 2.45) is 0 Å². The Morgan fingerprint density at radius 2 is 1.83 bits per heavy atom. The summed E-state index contributed by atoms with van der Waals surface area (Å²) in [7, 11) is 0. The summed E-state index contributed by atoms with van der Waals surface area (Å²) in [6.45, 7) is 2.17. The molecule has 0 aliphatic carbocycles. The molecule has 6 nitrogen and oxygen atoms in total. The standard InChI is InChI=1S/C21H19F3N4O2/c1-13-26-12-16(27-13)9-10-25-20(30)17-7-2-3-8-18(17)28-19(29)14-5-4-6-15(11-14)21(22,23)24/h2-8,11-12H,9-10H2,1H3,(H,25,30)(H,26,27)(H,28,29). The fraction of sp³-hybridized carbons (Fsp3) is 0.190. The summed E-state index contributed by atoms with van der Waals surface area (Å²) in [5.41, 5.74) is 0.206. The molecule has 3 aromatic rings. The quantitative estimate of drug-likeness (QED) is 0.569. The Bertz CT molecular complexity index is 1060. The molecule has 30 heavy (non-hydrogen) atoms. The molecular formula is C21H19F3N4O2. The number of imidazole rings is 1. The topological polar surface area (TPSA) is 86.9 Å². The summed E-state index contributed by atoms with van der Waals surface area (Å²) in [4.78, 5) is 32.1. The molecule has 1 heterocycles. The SMILES string of the molecule is Cc1ncc(CCNC(=O)c2ccccc2NC(=O)c2cccc(C(F)(F)F)c2)[nH]1. The van der Waals surface area contributed by atoms with E-state index in [1.807, 2.05) is 6.92 Å². The lowest BCUT2D eigenvalue weighted by Gasteiger charge is -2.12. The van der Waals surface area contributed by atoms with E-state index < -0.39 is 23.6 Å². The Kier molecular flexibility index (Phi) is 6.20. The third-order valence-corrected chi connectivity index (χ3v) is 4.31. The average Bonchev–Trinajstić information content (AvgIpc) is 3.13. The predicted octanol–water partition coefficient (Wildman–Crippen LogP) is 3.96. The fourth-order valence-electron chi connectivity index (χ4n) is 2.83. The van der Waals surface area contributed by atoms with Crippen LogP contribution in [0.3, 0.4) is 0 Å². The number of benzene rings is 2. The first-order valence-corrected chi connectivity index (χ1v) is 9.10. The number of aryl methyl sites for hydroxylation is 1. The van der Waals surface area contributed by atoms with Crippen molar-refractivity contribution in [1.29, 1.82) is 0 Å². The van der Waals surface area contributed by atoms with Gasteiger partial charge in [-0.15, -0.1) is 0 Å². The molecule has 0 aliphatic heterocycles. The largest absolute Gasteiger partial charge is 0.416 e. The second-order valence-electron chi connectivity index (χ2n) is 6.58. The van der Waals surface area contributed by atoms with Crippen molar-refractivity contribution < 1.29 is 22.8 Å². The monoisotopic (exact) mass is 416 g/mol. The van der Waals surface area contributed by atoms with Gasteiger partial charge in [0.15, 0.2) is 0 Å². The van der Waals surface area contributed by atoms with Crippen molar-refractivity contribution in [3.05, 3.63) is 82.9 Å². The molecule has 0 spiro atoms. The van der Waals surface area contributed by atoms with Crippen molar-refractivity contribution in [2.45, 2.75) is 19.5 Å². The highest BCUT2D eigenvalue weighted by atomic mass is 19.4. The van der Waals surface area contributed by atoms with Crippen molar-refractivity contribution in [3.8, 4) is 0 Å². The van der Waals surface area contributed by atoms with E-state index in [-0.39, 0.29) is 16.8 Å². The predicted molar refractivity (Wildman–Crippen MR) is 105 cm³/mol. The number of rotatable bonds is 6. The zero-order valence-electron chi connectivity index (χ0n) is 16.0. The van der Waals surface area contributed by atoms with E-state index in [1.165, 1.54) is 18.2 Å². The average molecular weight is 416 g/mol. The Morgan fingerprint density at radius 1 is 1.07 bits per heavy atom. The third-order valence-electron chi connectivity index (χ3n) is 4.31. The first-order valence-electron chi connectivity index (χ1n) is 9.10. The minimum atomic E-state index is -4.55. The van der Waals surface area contributed by atoms with Crippen molar-refractivity contribution >= 4 is 17.5 Å². The summed E-state index contributed by atoms with van der Waals surface area (Å²) in [6.07, 6.45) is -2.32. The number of carbonyl (C=O) groups is 2. The van der Waals surface area contributed by atoms with Gasteiger partial charge in [-0.05, 0) is 37.3 Å². The van der Waals surface area contributed by atoms with Crippen LogP contribution in [0.15, 0.2) is 54.7 Å². The molecule has 0 aliphatic rings. The van der Waals surface area contributed by atoms with Gasteiger partial charge >= 0.3 is 6.18 Å². The summed E-state index contributed by atoms with van der Waals surface area (Å²) >= 11 is 0. The van der Waals surface area contributed by atoms with Gasteiger partial charge in [0.2, 0.25) is 0 Å². The highest BCUT2D eigenvalue weighted by Gasteiger charge is 2.31. The molecule has 0 saturated carbocycles. The van der Waals surface area contributed by atoms with Crippen LogP contribution in [0.4, 0.5) is 18.9 Å². The molecule has 0 atom stereocenters. The van der Waals surface area contributed by atoms with Crippen LogP contribution < -0.4 is 10.6 Å². The van der Waals surface area contributed by atoms with Gasteiger partial charge in [0.05, 0.1) is 16.8 Å². The Labute approximate surface area is 170 Å². The molecule has 2 aromatic carbocycles. The van der Waals surface area contributed by atoms with Crippen molar-refractivity contribution in [3.63, 3.8) is 0 Å². The van der Waals surface area contributed by atoms with Gasteiger partial charge in [0.25, 0.3) is 11.8 Å². The van der Waals surface area contributed by atoms with Gasteiger partial charge < -0.3 is 15.6 Å². The number of aromatic amines is 1. The molecule has 3 rings (SSSR count). The number of alkyl halides is 3. The summed E-state index contributed by atoms with van der Waals surface area (Å²) in [6, 6.07) is 10.4. The van der Waals surface area contributed by atoms with Gasteiger partial charge in [0.1, 0.15) is 5.82 Å². The number of halogens is 3. The zero-order chi connectivity index (χ0) is 21.7. The number of aromatic nitrogens is 2. The number of nitrogens with one attached hydrogen (secondary N) is 3. The third kappa shape index (κ3) is 5.25. The molecule has 0 saturated heterocycles. The number of para-hydroxylation sites is 1. The molecule has 9 heteroatoms. The summed E-state index contributed by atoms with van der Waals surface area (Å²) < 4.78 is 38.6. The molecule has 0 radical (unpaired) electrons. The van der Waals surface area contributed by atoms with Gasteiger partial charge in [-0.3, -0.25) is 9.59 Å². The van der Waals surface area contributed by atoms with Gasteiger partial charge in [-0.1, -0.05) is 18.2 Å². The number of carbonyl (C=O) groups excluding carboxylic acids is 2. The van der Waals surface area contributed by atoms with Crippen molar-refractivity contribution in [1.82, 2.24) is 15.3 Å². The van der Waals surface area contributed by atoms with Crippen LogP contribution >= 0.6 is 0 Å². The highest BCUT2D eigenvalue weighted by molar-refractivity contribution is 6.09. The maximum absolute atomic E-state index is 12.9. The smallest absolute Gasteiger partial charge is 0.352 e. The van der Waals surface area contributed by atoms with E-state index in [2.05, 4.69) is 20.6 Å². The number of H-pyrrole nitrogens is 1. The second kappa shape index (κ2) is 8.81. The van der Waals surface area contributed by atoms with Gasteiger partial charge in [0, 0.05) is 30.4 Å². The summed E-state index contributed by atoms with van der Waals surface area (Å²) in [5, 5.41) is 5.27. The minimum absolute atomic E-state index is 0.158. The van der Waals surface area contributed by atoms with Crippen LogP contribution in [0.5, 0.6) is 0 Å². The summed E-state index contributed by atoms with van der Waals surface area (Å²) in [5.74, 6) is -0.376. The van der Waals surface area contributed by atoms with Crippen LogP contribution in [-0.4, -0.2) is 28.3 Å². The lowest BCUT2D eigenvalue weighted by molar-refractivity contribution is -0.137. The Morgan fingerprint density at radius 3 is 2.53 bits per heavy atom. The number of hydrogen-bond acceptors (Lipinski definition) is 3. The fourth-order valence-corrected chi connectivity index (χ4v) is 2.83. The highest BCUT2D eigenvalue weighted by Crippen LogP contribution is 2.29. The number of amides is 2. The number of nitrogens with zero attached hydrogens (tertiary/aromatic N) is 1. The lowest BCUT2D eigenvalue weighted by atomic mass is 10.1. The van der Waals surface area contributed by atoms with Crippen LogP contribution in [-0.2, 0) is 12.6 Å². The number of hydrogen-bond donors (Lipinski definition) is 3. The van der Waals surface area contributed by atoms with Crippen LogP contribution in [0, 0.1) is 6.92 Å². The van der Waals surface area contributed by atoms with E-state index in [0.717, 1.165) is 29.7 Å². The molecule has 0 unspecified atom stereocenters. The van der Waals surface area contributed by atoms with E-state index >= 15 is 0 Å². The molecular weight excluding hydrogens is 397 g/mol. The van der Waals surface area contributed by atoms with Crippen molar-refractivity contribution in [2.75, 3.05) is 11.9 Å². The normalized spacial score (nSPS) is 11.2. The molecule has 0 fully saturated rings. The van der Waals surface area contributed by atoms with Crippen LogP contribution in [0.2, 0.25) is 0 Å². The van der Waals surface area contributed by atoms with E-state index in [9.17, 15) is 22.8 Å². The Hall–Kier alpha value is -3.62. The molecule has 2 amide bonds. The maximum Gasteiger partial charge on any atom is 0.416 e.